The standard InChI is InChI=1S/C19H15F3N4O5/c20-19(21,22)31-14-4-2-13(3-5-14)16-6-1-12(7-23-16)10-29-15-8-25-9-17(26(27)28)24-18(25)30-11-15/h1-7,9,15H,8,10-11H2. The summed E-state index contributed by atoms with van der Waals surface area (Å²) >= 11 is 0. The third kappa shape index (κ3) is 5.09. The van der Waals surface area contributed by atoms with Gasteiger partial charge in [-0.15, -0.1) is 13.2 Å². The van der Waals surface area contributed by atoms with E-state index in [2.05, 4.69) is 14.7 Å². The van der Waals surface area contributed by atoms with Crippen molar-refractivity contribution in [3.63, 3.8) is 0 Å². The average molecular weight is 436 g/mol. The van der Waals surface area contributed by atoms with E-state index in [1.165, 1.54) is 35.0 Å². The summed E-state index contributed by atoms with van der Waals surface area (Å²) in [5.41, 5.74) is 2.00. The fourth-order valence-corrected chi connectivity index (χ4v) is 2.98. The van der Waals surface area contributed by atoms with Crippen LogP contribution in [0.15, 0.2) is 48.8 Å². The number of pyridine rings is 1. The molecule has 0 N–H and O–H groups in total. The summed E-state index contributed by atoms with van der Waals surface area (Å²) in [5.74, 6) is -0.587. The molecular weight excluding hydrogens is 421 g/mol. The molecule has 0 bridgehead atoms. The Labute approximate surface area is 173 Å². The lowest BCUT2D eigenvalue weighted by Gasteiger charge is -2.22. The predicted molar refractivity (Wildman–Crippen MR) is 99.3 cm³/mol. The van der Waals surface area contributed by atoms with E-state index in [9.17, 15) is 23.3 Å². The lowest BCUT2D eigenvalue weighted by molar-refractivity contribution is -0.389. The molecule has 0 fully saturated rings. The van der Waals surface area contributed by atoms with Gasteiger partial charge in [-0.1, -0.05) is 6.07 Å². The van der Waals surface area contributed by atoms with Crippen molar-refractivity contribution in [2.24, 2.45) is 0 Å². The van der Waals surface area contributed by atoms with Crippen LogP contribution < -0.4 is 9.47 Å². The van der Waals surface area contributed by atoms with E-state index >= 15 is 0 Å². The molecule has 3 heterocycles. The maximum atomic E-state index is 12.2. The largest absolute Gasteiger partial charge is 0.573 e. The lowest BCUT2D eigenvalue weighted by atomic mass is 10.1. The molecule has 162 valence electrons. The molecule has 0 aliphatic carbocycles. The van der Waals surface area contributed by atoms with Crippen molar-refractivity contribution in [1.29, 1.82) is 0 Å². The zero-order chi connectivity index (χ0) is 22.0. The highest BCUT2D eigenvalue weighted by Crippen LogP contribution is 2.26. The number of ether oxygens (including phenoxy) is 3. The topological polar surface area (TPSA) is 102 Å². The molecule has 9 nitrogen and oxygen atoms in total. The zero-order valence-electron chi connectivity index (χ0n) is 15.8. The highest BCUT2D eigenvalue weighted by molar-refractivity contribution is 5.60. The van der Waals surface area contributed by atoms with Gasteiger partial charge in [0.2, 0.25) is 0 Å². The van der Waals surface area contributed by atoms with Crippen LogP contribution in [0.2, 0.25) is 0 Å². The molecule has 1 aliphatic heterocycles. The maximum Gasteiger partial charge on any atom is 0.573 e. The molecule has 2 aromatic heterocycles. The molecule has 0 saturated heterocycles. The number of rotatable bonds is 6. The molecule has 1 aliphatic rings. The van der Waals surface area contributed by atoms with Crippen molar-refractivity contribution >= 4 is 5.82 Å². The van der Waals surface area contributed by atoms with Gasteiger partial charge in [0.1, 0.15) is 24.7 Å². The molecule has 0 amide bonds. The Bertz CT molecular complexity index is 1070. The molecule has 0 saturated carbocycles. The zero-order valence-corrected chi connectivity index (χ0v) is 15.8. The first-order valence-corrected chi connectivity index (χ1v) is 9.04. The Balaban J connectivity index is 1.33. The summed E-state index contributed by atoms with van der Waals surface area (Å²) in [6, 6.07) is 9.12. The van der Waals surface area contributed by atoms with Crippen LogP contribution in [0.1, 0.15) is 5.56 Å². The monoisotopic (exact) mass is 436 g/mol. The van der Waals surface area contributed by atoms with E-state index < -0.39 is 11.3 Å². The summed E-state index contributed by atoms with van der Waals surface area (Å²) in [5, 5.41) is 10.8. The lowest BCUT2D eigenvalue weighted by Crippen LogP contribution is -2.32. The van der Waals surface area contributed by atoms with E-state index in [1.54, 1.807) is 18.3 Å². The second kappa shape index (κ2) is 8.22. The summed E-state index contributed by atoms with van der Waals surface area (Å²) in [7, 11) is 0. The quantitative estimate of drug-likeness (QED) is 0.429. The number of hydrogen-bond acceptors (Lipinski definition) is 7. The summed E-state index contributed by atoms with van der Waals surface area (Å²) < 4.78 is 53.3. The van der Waals surface area contributed by atoms with Gasteiger partial charge in [-0.25, -0.2) is 0 Å². The highest BCUT2D eigenvalue weighted by Gasteiger charge is 2.31. The first kappa shape index (κ1) is 20.6. The van der Waals surface area contributed by atoms with E-state index in [4.69, 9.17) is 9.47 Å². The highest BCUT2D eigenvalue weighted by atomic mass is 19.4. The molecular formula is C19H15F3N4O5. The van der Waals surface area contributed by atoms with Crippen LogP contribution in [0.5, 0.6) is 11.8 Å². The Kier molecular flexibility index (Phi) is 5.46. The minimum Gasteiger partial charge on any atom is -0.443 e. The number of aromatic nitrogens is 3. The fraction of sp³-hybridized carbons (Fsp3) is 0.263. The number of nitrogens with zero attached hydrogens (tertiary/aromatic N) is 4. The number of imidazole rings is 1. The van der Waals surface area contributed by atoms with Gasteiger partial charge in [0.25, 0.3) is 0 Å². The van der Waals surface area contributed by atoms with Gasteiger partial charge in [0, 0.05) is 16.7 Å². The van der Waals surface area contributed by atoms with Crippen LogP contribution >= 0.6 is 0 Å². The number of benzene rings is 1. The third-order valence-corrected chi connectivity index (χ3v) is 4.41. The van der Waals surface area contributed by atoms with Gasteiger partial charge in [0.15, 0.2) is 0 Å². The normalized spacial score (nSPS) is 15.8. The number of halogens is 3. The van der Waals surface area contributed by atoms with Crippen LogP contribution in [0, 0.1) is 10.1 Å². The fourth-order valence-electron chi connectivity index (χ4n) is 2.98. The Morgan fingerprint density at radius 3 is 2.65 bits per heavy atom. The molecule has 1 unspecified atom stereocenters. The van der Waals surface area contributed by atoms with E-state index in [0.717, 1.165) is 5.56 Å². The Morgan fingerprint density at radius 2 is 2.00 bits per heavy atom. The first-order valence-electron chi connectivity index (χ1n) is 9.04. The van der Waals surface area contributed by atoms with Crippen molar-refractivity contribution in [3.8, 4) is 23.0 Å². The van der Waals surface area contributed by atoms with E-state index in [0.29, 0.717) is 17.8 Å². The maximum absolute atomic E-state index is 12.2. The predicted octanol–water partition coefficient (Wildman–Crippen LogP) is 3.73. The van der Waals surface area contributed by atoms with Crippen LogP contribution in [-0.2, 0) is 17.9 Å². The van der Waals surface area contributed by atoms with Crippen molar-refractivity contribution in [3.05, 3.63) is 64.5 Å². The number of fused-ring (bicyclic) bond motifs is 1. The molecule has 31 heavy (non-hydrogen) atoms. The molecule has 1 atom stereocenters. The smallest absolute Gasteiger partial charge is 0.443 e. The molecule has 3 aromatic rings. The Morgan fingerprint density at radius 1 is 1.23 bits per heavy atom. The minimum atomic E-state index is -4.74. The minimum absolute atomic E-state index is 0.184. The van der Waals surface area contributed by atoms with Crippen molar-refractivity contribution in [2.45, 2.75) is 25.6 Å². The van der Waals surface area contributed by atoms with Crippen LogP contribution in [0.3, 0.4) is 0 Å². The van der Waals surface area contributed by atoms with Crippen LogP contribution in [-0.4, -0.2) is 38.5 Å². The van der Waals surface area contributed by atoms with Gasteiger partial charge in [-0.3, -0.25) is 9.55 Å². The van der Waals surface area contributed by atoms with E-state index in [-0.39, 0.29) is 36.9 Å². The van der Waals surface area contributed by atoms with Gasteiger partial charge >= 0.3 is 18.2 Å². The van der Waals surface area contributed by atoms with Crippen molar-refractivity contribution in [2.75, 3.05) is 6.61 Å². The van der Waals surface area contributed by atoms with Gasteiger partial charge < -0.3 is 24.3 Å². The second-order valence-corrected chi connectivity index (χ2v) is 6.66. The van der Waals surface area contributed by atoms with Crippen molar-refractivity contribution in [1.82, 2.24) is 14.5 Å². The van der Waals surface area contributed by atoms with Gasteiger partial charge in [-0.2, -0.15) is 0 Å². The van der Waals surface area contributed by atoms with Crippen molar-refractivity contribution < 1.29 is 32.3 Å². The Hall–Kier alpha value is -3.67. The molecule has 0 radical (unpaired) electrons. The SMILES string of the molecule is O=[N+]([O-])c1cn2c(n1)OCC(OCc1ccc(-c3ccc(OC(F)(F)F)cc3)nc1)C2. The summed E-state index contributed by atoms with van der Waals surface area (Å²) in [6.07, 6.45) is -2.15. The summed E-state index contributed by atoms with van der Waals surface area (Å²) in [6.45, 7) is 0.825. The number of hydrogen-bond donors (Lipinski definition) is 0. The number of nitro groups is 1. The number of alkyl halides is 3. The molecule has 1 aromatic carbocycles. The molecule has 0 spiro atoms. The van der Waals surface area contributed by atoms with Crippen LogP contribution in [0.4, 0.5) is 19.0 Å². The van der Waals surface area contributed by atoms with Crippen LogP contribution in [0.25, 0.3) is 11.3 Å². The third-order valence-electron chi connectivity index (χ3n) is 4.41. The average Bonchev–Trinajstić information content (AvgIpc) is 3.16. The molecule has 12 heteroatoms. The molecule has 4 rings (SSSR count). The van der Waals surface area contributed by atoms with E-state index in [1.807, 2.05) is 0 Å². The second-order valence-electron chi connectivity index (χ2n) is 6.66. The first-order chi connectivity index (χ1) is 14.8. The van der Waals surface area contributed by atoms with Gasteiger partial charge in [-0.05, 0) is 40.8 Å². The summed E-state index contributed by atoms with van der Waals surface area (Å²) in [4.78, 5) is 18.3. The van der Waals surface area contributed by atoms with Gasteiger partial charge in [0.05, 0.1) is 18.8 Å².